The molecular formula is C24H22F3N5O. The largest absolute Gasteiger partial charge is 0.416 e. The summed E-state index contributed by atoms with van der Waals surface area (Å²) < 4.78 is 38.0. The summed E-state index contributed by atoms with van der Waals surface area (Å²) in [6.07, 6.45) is 0.110. The van der Waals surface area contributed by atoms with Gasteiger partial charge in [-0.2, -0.15) is 18.3 Å². The molecule has 0 spiro atoms. The van der Waals surface area contributed by atoms with E-state index in [2.05, 4.69) is 25.4 Å². The van der Waals surface area contributed by atoms with Crippen LogP contribution in [0.3, 0.4) is 0 Å². The first-order valence-electron chi connectivity index (χ1n) is 10.6. The third kappa shape index (κ3) is 5.74. The molecule has 0 radical (unpaired) electrons. The van der Waals surface area contributed by atoms with Gasteiger partial charge in [0, 0.05) is 18.7 Å². The van der Waals surface area contributed by atoms with Crippen LogP contribution in [0.15, 0.2) is 65.8 Å². The Hall–Kier alpha value is -3.75. The Morgan fingerprint density at radius 2 is 1.67 bits per heavy atom. The van der Waals surface area contributed by atoms with Gasteiger partial charge in [0.25, 0.3) is 5.91 Å². The number of anilines is 1. The molecule has 0 aliphatic carbocycles. The standard InChI is InChI=1S/C24H22F3N5O/c25-24(26,27)19-11-9-17(10-12-19)16-28-31-22(33)21-15-20(18-7-3-1-4-8-18)29-23(30-21)32-13-5-2-6-14-32/h1,3-4,7-12,15-16H,2,5-6,13-14H2,(H,31,33)/b28-16+. The van der Waals surface area contributed by atoms with Gasteiger partial charge in [-0.3, -0.25) is 4.79 Å². The fourth-order valence-corrected chi connectivity index (χ4v) is 3.52. The van der Waals surface area contributed by atoms with E-state index >= 15 is 0 Å². The van der Waals surface area contributed by atoms with Crippen molar-refractivity contribution < 1.29 is 18.0 Å². The molecule has 1 amide bonds. The zero-order valence-electron chi connectivity index (χ0n) is 17.7. The number of nitrogens with zero attached hydrogens (tertiary/aromatic N) is 4. The molecule has 1 aliphatic rings. The Kier molecular flexibility index (Phi) is 6.67. The lowest BCUT2D eigenvalue weighted by Crippen LogP contribution is -2.32. The normalized spacial score (nSPS) is 14.5. The third-order valence-corrected chi connectivity index (χ3v) is 5.27. The number of rotatable bonds is 5. The molecule has 4 rings (SSSR count). The average molecular weight is 453 g/mol. The van der Waals surface area contributed by atoms with Crippen molar-refractivity contribution in [2.45, 2.75) is 25.4 Å². The van der Waals surface area contributed by atoms with E-state index < -0.39 is 17.6 Å². The van der Waals surface area contributed by atoms with Gasteiger partial charge in [-0.1, -0.05) is 42.5 Å². The fourth-order valence-electron chi connectivity index (χ4n) is 3.52. The van der Waals surface area contributed by atoms with Gasteiger partial charge < -0.3 is 4.90 Å². The minimum absolute atomic E-state index is 0.161. The highest BCUT2D eigenvalue weighted by Crippen LogP contribution is 2.29. The minimum Gasteiger partial charge on any atom is -0.341 e. The maximum Gasteiger partial charge on any atom is 0.416 e. The molecule has 6 nitrogen and oxygen atoms in total. The number of hydrogen-bond donors (Lipinski definition) is 1. The zero-order chi connectivity index (χ0) is 23.3. The van der Waals surface area contributed by atoms with Gasteiger partial charge in [-0.25, -0.2) is 15.4 Å². The number of carbonyl (C=O) groups excluding carboxylic acids is 1. The van der Waals surface area contributed by atoms with Crippen molar-refractivity contribution in [3.63, 3.8) is 0 Å². The van der Waals surface area contributed by atoms with Gasteiger partial charge >= 0.3 is 6.18 Å². The van der Waals surface area contributed by atoms with Crippen molar-refractivity contribution in [1.29, 1.82) is 0 Å². The van der Waals surface area contributed by atoms with Crippen LogP contribution < -0.4 is 10.3 Å². The molecule has 1 N–H and O–H groups in total. The summed E-state index contributed by atoms with van der Waals surface area (Å²) in [7, 11) is 0. The minimum atomic E-state index is -4.40. The molecule has 0 saturated carbocycles. The highest BCUT2D eigenvalue weighted by atomic mass is 19.4. The third-order valence-electron chi connectivity index (χ3n) is 5.27. The Balaban J connectivity index is 1.54. The van der Waals surface area contributed by atoms with E-state index in [1.54, 1.807) is 6.07 Å². The average Bonchev–Trinajstić information content (AvgIpc) is 2.84. The quantitative estimate of drug-likeness (QED) is 0.440. The first kappa shape index (κ1) is 22.4. The summed E-state index contributed by atoms with van der Waals surface area (Å²) in [4.78, 5) is 23.9. The number of piperidine rings is 1. The van der Waals surface area contributed by atoms with Crippen LogP contribution in [0.5, 0.6) is 0 Å². The van der Waals surface area contributed by atoms with E-state index in [1.165, 1.54) is 18.3 Å². The topological polar surface area (TPSA) is 70.5 Å². The summed E-state index contributed by atoms with van der Waals surface area (Å²) in [6, 6.07) is 15.6. The van der Waals surface area contributed by atoms with E-state index in [0.29, 0.717) is 17.2 Å². The molecule has 3 aromatic rings. The second-order valence-corrected chi connectivity index (χ2v) is 7.67. The van der Waals surface area contributed by atoms with Gasteiger partial charge in [0.2, 0.25) is 5.95 Å². The van der Waals surface area contributed by atoms with E-state index in [9.17, 15) is 18.0 Å². The number of carbonyl (C=O) groups is 1. The number of nitrogens with one attached hydrogen (secondary N) is 1. The lowest BCUT2D eigenvalue weighted by atomic mass is 10.1. The van der Waals surface area contributed by atoms with Crippen LogP contribution in [-0.2, 0) is 6.18 Å². The maximum absolute atomic E-state index is 12.8. The molecule has 0 bridgehead atoms. The molecule has 0 atom stereocenters. The maximum atomic E-state index is 12.8. The van der Waals surface area contributed by atoms with E-state index in [-0.39, 0.29) is 5.69 Å². The summed E-state index contributed by atoms with van der Waals surface area (Å²) in [5.41, 5.74) is 3.73. The SMILES string of the molecule is O=C(N/N=C/c1ccc(C(F)(F)F)cc1)c1cc(-c2ccccc2)nc(N2CCCCC2)n1. The molecule has 9 heteroatoms. The Labute approximate surface area is 189 Å². The van der Waals surface area contributed by atoms with Gasteiger partial charge in [-0.15, -0.1) is 0 Å². The van der Waals surface area contributed by atoms with Gasteiger partial charge in [0.05, 0.1) is 17.5 Å². The molecule has 170 valence electrons. The van der Waals surface area contributed by atoms with E-state index in [0.717, 1.165) is 50.0 Å². The zero-order valence-corrected chi connectivity index (χ0v) is 17.7. The second-order valence-electron chi connectivity index (χ2n) is 7.67. The lowest BCUT2D eigenvalue weighted by molar-refractivity contribution is -0.137. The predicted octanol–water partition coefficient (Wildman–Crippen LogP) is 4.92. The van der Waals surface area contributed by atoms with Crippen molar-refractivity contribution in [2.75, 3.05) is 18.0 Å². The van der Waals surface area contributed by atoms with Gasteiger partial charge in [0.15, 0.2) is 0 Å². The van der Waals surface area contributed by atoms with Crippen LogP contribution in [-0.4, -0.2) is 35.2 Å². The van der Waals surface area contributed by atoms with Crippen LogP contribution in [0.25, 0.3) is 11.3 Å². The number of hydrazone groups is 1. The van der Waals surface area contributed by atoms with Crippen LogP contribution in [0.4, 0.5) is 19.1 Å². The highest BCUT2D eigenvalue weighted by Gasteiger charge is 2.29. The highest BCUT2D eigenvalue weighted by molar-refractivity contribution is 5.94. The Morgan fingerprint density at radius 1 is 0.970 bits per heavy atom. The van der Waals surface area contributed by atoms with Gasteiger partial charge in [-0.05, 0) is 43.0 Å². The summed E-state index contributed by atoms with van der Waals surface area (Å²) in [5, 5.41) is 3.87. The van der Waals surface area contributed by atoms with Crippen molar-refractivity contribution in [1.82, 2.24) is 15.4 Å². The predicted molar refractivity (Wildman–Crippen MR) is 120 cm³/mol. The smallest absolute Gasteiger partial charge is 0.341 e. The monoisotopic (exact) mass is 453 g/mol. The first-order valence-corrected chi connectivity index (χ1v) is 10.6. The molecule has 1 saturated heterocycles. The van der Waals surface area contributed by atoms with E-state index in [1.807, 2.05) is 30.3 Å². The van der Waals surface area contributed by atoms with Crippen molar-refractivity contribution in [2.24, 2.45) is 5.10 Å². The number of amides is 1. The Bertz CT molecular complexity index is 1130. The molecular weight excluding hydrogens is 431 g/mol. The lowest BCUT2D eigenvalue weighted by Gasteiger charge is -2.27. The van der Waals surface area contributed by atoms with Crippen LogP contribution in [0.2, 0.25) is 0 Å². The molecule has 1 aromatic heterocycles. The number of benzene rings is 2. The molecule has 0 unspecified atom stereocenters. The number of aromatic nitrogens is 2. The van der Waals surface area contributed by atoms with Crippen molar-refractivity contribution in [3.8, 4) is 11.3 Å². The van der Waals surface area contributed by atoms with Crippen molar-refractivity contribution >= 4 is 18.1 Å². The van der Waals surface area contributed by atoms with Crippen molar-refractivity contribution in [3.05, 3.63) is 77.5 Å². The van der Waals surface area contributed by atoms with Crippen LogP contribution in [0, 0.1) is 0 Å². The molecule has 1 fully saturated rings. The van der Waals surface area contributed by atoms with Crippen LogP contribution in [0.1, 0.15) is 40.9 Å². The molecule has 2 aromatic carbocycles. The first-order chi connectivity index (χ1) is 15.9. The Morgan fingerprint density at radius 3 is 2.33 bits per heavy atom. The fraction of sp³-hybridized carbons (Fsp3) is 0.250. The summed E-state index contributed by atoms with van der Waals surface area (Å²) >= 11 is 0. The molecule has 2 heterocycles. The summed E-state index contributed by atoms with van der Waals surface area (Å²) in [6.45, 7) is 1.65. The molecule has 33 heavy (non-hydrogen) atoms. The molecule has 1 aliphatic heterocycles. The van der Waals surface area contributed by atoms with Gasteiger partial charge in [0.1, 0.15) is 5.69 Å². The van der Waals surface area contributed by atoms with Crippen LogP contribution >= 0.6 is 0 Å². The number of hydrogen-bond acceptors (Lipinski definition) is 5. The second kappa shape index (κ2) is 9.81. The van der Waals surface area contributed by atoms with E-state index in [4.69, 9.17) is 0 Å². The number of alkyl halides is 3. The summed E-state index contributed by atoms with van der Waals surface area (Å²) in [5.74, 6) is -0.0380. The number of halogens is 3.